The Hall–Kier alpha value is 1.28. The summed E-state index contributed by atoms with van der Waals surface area (Å²) in [5.41, 5.74) is 0. The van der Waals surface area contributed by atoms with Crippen molar-refractivity contribution in [1.82, 2.24) is 0 Å². The van der Waals surface area contributed by atoms with Gasteiger partial charge in [-0.3, -0.25) is 0 Å². The second-order valence-corrected chi connectivity index (χ2v) is 0. The van der Waals surface area contributed by atoms with E-state index in [2.05, 4.69) is 15.9 Å². The fraction of sp³-hybridized carbons (Fsp3) is 0. The van der Waals surface area contributed by atoms with Gasteiger partial charge in [0.15, 0.2) is 0 Å². The Morgan fingerprint density at radius 3 is 0.833 bits per heavy atom. The van der Waals surface area contributed by atoms with Crippen LogP contribution in [0, 0.1) is 0 Å². The first-order valence-electron chi connectivity index (χ1n) is 0.123. The molecule has 43 valence electrons. The Morgan fingerprint density at radius 2 is 0.833 bits per heavy atom. The van der Waals surface area contributed by atoms with Crippen molar-refractivity contribution in [3.8, 4) is 0 Å². The van der Waals surface area contributed by atoms with Gasteiger partial charge in [0, 0.05) is 0 Å². The van der Waals surface area contributed by atoms with E-state index in [-0.39, 0.29) is 45.1 Å². The van der Waals surface area contributed by atoms with E-state index in [1.807, 2.05) is 0 Å². The van der Waals surface area contributed by atoms with Crippen LogP contribution in [0.15, 0.2) is 0 Å². The summed E-state index contributed by atoms with van der Waals surface area (Å²) in [6, 6.07) is 0. The third kappa shape index (κ3) is 59.1. The Labute approximate surface area is 64.8 Å². The molecule has 0 saturated heterocycles. The molecule has 0 N–H and O–H groups in total. The molecule has 0 atom stereocenters. The van der Waals surface area contributed by atoms with Gasteiger partial charge in [-0.15, -0.1) is 0 Å². The molecule has 0 rings (SSSR count). The quantitative estimate of drug-likeness (QED) is 0.515. The molecule has 0 bridgehead atoms. The summed E-state index contributed by atoms with van der Waals surface area (Å²) in [5, 5.41) is 0. The number of hydrogen-bond donors (Lipinski definition) is 0. The van der Waals surface area contributed by atoms with Crippen molar-refractivity contribution in [1.29, 1.82) is 0 Å². The molecule has 0 aromatic heterocycles. The minimum atomic E-state index is 0. The zero-order valence-electron chi connectivity index (χ0n) is 2.28. The van der Waals surface area contributed by atoms with Crippen molar-refractivity contribution in [2.45, 2.75) is 0 Å². The number of hydrogen-bond acceptors (Lipinski definition) is 1. The van der Waals surface area contributed by atoms with Crippen LogP contribution in [0.1, 0.15) is 0 Å². The van der Waals surface area contributed by atoms with Crippen LogP contribution in [0.4, 0.5) is 0 Å². The van der Waals surface area contributed by atoms with Gasteiger partial charge in [0.2, 0.25) is 0 Å². The molecule has 0 saturated carbocycles. The molecule has 0 aliphatic carbocycles. The van der Waals surface area contributed by atoms with Crippen LogP contribution in [0.2, 0.25) is 0 Å². The summed E-state index contributed by atoms with van der Waals surface area (Å²) < 4.78 is 7.81. The van der Waals surface area contributed by atoms with Crippen molar-refractivity contribution in [2.24, 2.45) is 0 Å². The average Bonchev–Trinajstić information content (AvgIpc) is 1.00. The summed E-state index contributed by atoms with van der Waals surface area (Å²) >= 11 is 2.94. The molecule has 0 aromatic rings. The molecule has 0 spiro atoms. The monoisotopic (exact) mass is 221 g/mol. The molecule has 6 heteroatoms. The fourth-order valence-corrected chi connectivity index (χ4v) is 0. The molecule has 0 aromatic carbocycles. The molecule has 2 radical (unpaired) electrons. The zero-order valence-corrected chi connectivity index (χ0v) is 5.58. The molecule has 0 amide bonds. The molecule has 0 heterocycles. The first-order chi connectivity index (χ1) is 1.00. The van der Waals surface area contributed by atoms with E-state index < -0.39 is 0 Å². The molecular weight excluding hydrogens is 221 g/mol. The van der Waals surface area contributed by atoms with E-state index in [1.54, 1.807) is 0 Å². The van der Waals surface area contributed by atoms with Gasteiger partial charge in [0.25, 0.3) is 0 Å². The standard InChI is InChI=1S/Cu.2Mn.3O/q;2*+2;;2*-2. The van der Waals surface area contributed by atoms with Crippen molar-refractivity contribution < 1.29 is 64.9 Å². The second-order valence-electron chi connectivity index (χ2n) is 0. The van der Waals surface area contributed by atoms with Crippen LogP contribution in [0.3, 0.4) is 0 Å². The number of rotatable bonds is 0. The Bertz CT molecular complexity index is 8.75. The summed E-state index contributed by atoms with van der Waals surface area (Å²) in [6.07, 6.45) is 0. The van der Waals surface area contributed by atoms with Gasteiger partial charge in [-0.2, -0.15) is 0 Å². The van der Waals surface area contributed by atoms with Gasteiger partial charge in [-0.05, 0) is 0 Å². The van der Waals surface area contributed by atoms with Crippen LogP contribution in [0.25, 0.3) is 0 Å². The normalized spacial score (nSPS) is 1.00. The van der Waals surface area contributed by atoms with E-state index in [0.717, 1.165) is 0 Å². The van der Waals surface area contributed by atoms with Crippen molar-refractivity contribution in [2.75, 3.05) is 0 Å². The van der Waals surface area contributed by atoms with Crippen molar-refractivity contribution in [3.05, 3.63) is 0 Å². The first-order valence-corrected chi connectivity index (χ1v) is 0.508. The van der Waals surface area contributed by atoms with E-state index in [4.69, 9.17) is 3.83 Å². The van der Waals surface area contributed by atoms with Crippen LogP contribution < -0.4 is 0 Å². The summed E-state index contributed by atoms with van der Waals surface area (Å²) in [4.78, 5) is 0. The third-order valence-corrected chi connectivity index (χ3v) is 0. The van der Waals surface area contributed by atoms with Crippen molar-refractivity contribution >= 4 is 0 Å². The van der Waals surface area contributed by atoms with Crippen molar-refractivity contribution in [3.63, 3.8) is 0 Å². The summed E-state index contributed by atoms with van der Waals surface area (Å²) in [6.45, 7) is 0. The topological polar surface area (TPSA) is 74.1 Å². The maximum atomic E-state index is 7.81. The Kier molecular flexibility index (Phi) is 986. The van der Waals surface area contributed by atoms with E-state index in [1.165, 1.54) is 0 Å². The molecule has 0 aliphatic heterocycles. The maximum absolute atomic E-state index is 7.81. The van der Waals surface area contributed by atoms with Gasteiger partial charge in [-0.1, -0.05) is 0 Å². The molecule has 0 unspecified atom stereocenters. The van der Waals surface area contributed by atoms with Gasteiger partial charge in [0.1, 0.15) is 0 Å². The Morgan fingerprint density at radius 1 is 0.833 bits per heavy atom. The second kappa shape index (κ2) is 107. The molecule has 3 nitrogen and oxygen atoms in total. The summed E-state index contributed by atoms with van der Waals surface area (Å²) in [5.74, 6) is 0. The predicted molar refractivity (Wildman–Crippen MR) is 2.06 cm³/mol. The van der Waals surface area contributed by atoms with Crippen LogP contribution in [-0.2, 0) is 64.9 Å². The molecule has 0 fully saturated rings. The minimum absolute atomic E-state index is 0. The first kappa shape index (κ1) is 55.3. The molecule has 6 heavy (non-hydrogen) atoms. The van der Waals surface area contributed by atoms with Crippen LogP contribution in [0.5, 0.6) is 0 Å². The van der Waals surface area contributed by atoms with Gasteiger partial charge in [-0.25, -0.2) is 0 Å². The average molecular weight is 221 g/mol. The van der Waals surface area contributed by atoms with E-state index in [9.17, 15) is 0 Å². The SMILES string of the molecule is [Mn+2].[Mn+2].[O-2].[O-2].[O]=[Cu]. The van der Waals surface area contributed by atoms with E-state index >= 15 is 0 Å². The van der Waals surface area contributed by atoms with Crippen LogP contribution >= 0.6 is 0 Å². The van der Waals surface area contributed by atoms with Gasteiger partial charge >= 0.3 is 53.9 Å². The summed E-state index contributed by atoms with van der Waals surface area (Å²) in [7, 11) is 0. The van der Waals surface area contributed by atoms with Crippen LogP contribution in [-0.4, -0.2) is 0 Å². The molecular formula is CuMn2O3. The molecule has 0 aliphatic rings. The van der Waals surface area contributed by atoms with Gasteiger partial charge < -0.3 is 11.0 Å². The fourth-order valence-electron chi connectivity index (χ4n) is 0. The predicted octanol–water partition coefficient (Wildman–Crippen LogP) is -0.364. The third-order valence-electron chi connectivity index (χ3n) is 0. The van der Waals surface area contributed by atoms with Gasteiger partial charge in [0.05, 0.1) is 0 Å². The van der Waals surface area contributed by atoms with E-state index in [0.29, 0.717) is 0 Å². The Balaban J connectivity index is -0.000000000833. The zero-order chi connectivity index (χ0) is 2.00.